The lowest BCUT2D eigenvalue weighted by Crippen LogP contribution is -2.13. The van der Waals surface area contributed by atoms with E-state index in [2.05, 4.69) is 5.32 Å². The highest BCUT2D eigenvalue weighted by Gasteiger charge is 2.10. The molecule has 1 heterocycles. The summed E-state index contributed by atoms with van der Waals surface area (Å²) in [6, 6.07) is 16.6. The monoisotopic (exact) mass is 318 g/mol. The van der Waals surface area contributed by atoms with Crippen molar-refractivity contribution in [2.75, 3.05) is 5.32 Å². The van der Waals surface area contributed by atoms with E-state index < -0.39 is 0 Å². The number of carbonyl (C=O) groups is 2. The number of hydrogen-bond donors (Lipinski definition) is 1. The van der Waals surface area contributed by atoms with E-state index >= 15 is 0 Å². The van der Waals surface area contributed by atoms with Crippen molar-refractivity contribution in [2.24, 2.45) is 0 Å². The molecule has 120 valence electrons. The second kappa shape index (κ2) is 6.54. The summed E-state index contributed by atoms with van der Waals surface area (Å²) in [5, 5.41) is 2.88. The van der Waals surface area contributed by atoms with Crippen molar-refractivity contribution in [3.8, 4) is 5.69 Å². The standard InChI is InChI=1S/C20H18N2O2/c1-14-5-6-17(15(2)23)13-19(14)21-20(24)16-7-9-18(10-8-16)22-11-3-4-12-22/h3-13H,1-2H3,(H,21,24). The molecule has 4 heteroatoms. The van der Waals surface area contributed by atoms with Gasteiger partial charge in [0.05, 0.1) is 0 Å². The molecule has 4 nitrogen and oxygen atoms in total. The maximum Gasteiger partial charge on any atom is 0.255 e. The molecule has 0 saturated carbocycles. The third-order valence-electron chi connectivity index (χ3n) is 3.92. The molecule has 0 bridgehead atoms. The van der Waals surface area contributed by atoms with Crippen LogP contribution in [0, 0.1) is 6.92 Å². The third kappa shape index (κ3) is 3.27. The van der Waals surface area contributed by atoms with Gasteiger partial charge in [-0.05, 0) is 61.9 Å². The van der Waals surface area contributed by atoms with Gasteiger partial charge in [-0.25, -0.2) is 0 Å². The number of nitrogens with zero attached hydrogens (tertiary/aromatic N) is 1. The molecule has 1 amide bonds. The molecular weight excluding hydrogens is 300 g/mol. The molecule has 0 aliphatic heterocycles. The van der Waals surface area contributed by atoms with Crippen LogP contribution in [0.1, 0.15) is 33.2 Å². The molecule has 0 saturated heterocycles. The lowest BCUT2D eigenvalue weighted by molar-refractivity contribution is 0.101. The van der Waals surface area contributed by atoms with E-state index in [4.69, 9.17) is 0 Å². The zero-order valence-electron chi connectivity index (χ0n) is 13.6. The summed E-state index contributed by atoms with van der Waals surface area (Å²) in [4.78, 5) is 23.9. The number of carbonyl (C=O) groups excluding carboxylic acids is 2. The molecule has 0 aliphatic rings. The largest absolute Gasteiger partial charge is 0.324 e. The highest BCUT2D eigenvalue weighted by molar-refractivity contribution is 6.05. The minimum atomic E-state index is -0.196. The van der Waals surface area contributed by atoms with E-state index in [0.29, 0.717) is 16.8 Å². The summed E-state index contributed by atoms with van der Waals surface area (Å²) in [6.07, 6.45) is 3.90. The number of aromatic nitrogens is 1. The molecule has 0 unspecified atom stereocenters. The average Bonchev–Trinajstić information content (AvgIpc) is 3.11. The van der Waals surface area contributed by atoms with Gasteiger partial charge >= 0.3 is 0 Å². The third-order valence-corrected chi connectivity index (χ3v) is 3.92. The Bertz CT molecular complexity index is 879. The number of ketones is 1. The van der Waals surface area contributed by atoms with E-state index in [1.54, 1.807) is 24.3 Å². The molecule has 24 heavy (non-hydrogen) atoms. The van der Waals surface area contributed by atoms with Gasteiger partial charge in [-0.3, -0.25) is 9.59 Å². The minimum Gasteiger partial charge on any atom is -0.324 e. The lowest BCUT2D eigenvalue weighted by Gasteiger charge is -2.10. The first-order valence-electron chi connectivity index (χ1n) is 7.71. The van der Waals surface area contributed by atoms with Crippen molar-refractivity contribution in [2.45, 2.75) is 13.8 Å². The quantitative estimate of drug-likeness (QED) is 0.731. The summed E-state index contributed by atoms with van der Waals surface area (Å²) >= 11 is 0. The smallest absolute Gasteiger partial charge is 0.255 e. The number of amides is 1. The average molecular weight is 318 g/mol. The van der Waals surface area contributed by atoms with Gasteiger partial charge in [-0.2, -0.15) is 0 Å². The molecule has 0 radical (unpaired) electrons. The number of benzene rings is 2. The van der Waals surface area contributed by atoms with Crippen LogP contribution in [0.3, 0.4) is 0 Å². The van der Waals surface area contributed by atoms with Gasteiger partial charge in [0.2, 0.25) is 0 Å². The van der Waals surface area contributed by atoms with Gasteiger partial charge in [0.1, 0.15) is 0 Å². The minimum absolute atomic E-state index is 0.0263. The second-order valence-electron chi connectivity index (χ2n) is 5.68. The van der Waals surface area contributed by atoms with Gasteiger partial charge in [-0.1, -0.05) is 12.1 Å². The molecule has 1 aromatic heterocycles. The van der Waals surface area contributed by atoms with Gasteiger partial charge in [-0.15, -0.1) is 0 Å². The summed E-state index contributed by atoms with van der Waals surface area (Å²) in [5.41, 5.74) is 3.71. The van der Waals surface area contributed by atoms with Crippen molar-refractivity contribution < 1.29 is 9.59 Å². The Morgan fingerprint density at radius 1 is 0.917 bits per heavy atom. The van der Waals surface area contributed by atoms with Gasteiger partial charge < -0.3 is 9.88 Å². The SMILES string of the molecule is CC(=O)c1ccc(C)c(NC(=O)c2ccc(-n3cccc3)cc2)c1. The van der Waals surface area contributed by atoms with Crippen LogP contribution in [0.25, 0.3) is 5.69 Å². The van der Waals surface area contributed by atoms with Crippen LogP contribution in [0.4, 0.5) is 5.69 Å². The Balaban J connectivity index is 1.80. The summed E-state index contributed by atoms with van der Waals surface area (Å²) in [5.74, 6) is -0.223. The normalized spacial score (nSPS) is 10.4. The summed E-state index contributed by atoms with van der Waals surface area (Å²) in [7, 11) is 0. The number of hydrogen-bond acceptors (Lipinski definition) is 2. The van der Waals surface area contributed by atoms with Crippen molar-refractivity contribution in [1.29, 1.82) is 0 Å². The van der Waals surface area contributed by atoms with Crippen LogP contribution < -0.4 is 5.32 Å². The van der Waals surface area contributed by atoms with Gasteiger partial charge in [0, 0.05) is 34.9 Å². The Labute approximate surface area is 140 Å². The summed E-state index contributed by atoms with van der Waals surface area (Å²) < 4.78 is 1.97. The van der Waals surface area contributed by atoms with Crippen LogP contribution in [-0.2, 0) is 0 Å². The molecule has 0 fully saturated rings. The Hall–Kier alpha value is -3.14. The maximum absolute atomic E-state index is 12.4. The number of anilines is 1. The van der Waals surface area contributed by atoms with Crippen LogP contribution in [-0.4, -0.2) is 16.3 Å². The zero-order chi connectivity index (χ0) is 17.1. The second-order valence-corrected chi connectivity index (χ2v) is 5.68. The van der Waals surface area contributed by atoms with Gasteiger partial charge in [0.15, 0.2) is 5.78 Å². The van der Waals surface area contributed by atoms with Crippen LogP contribution >= 0.6 is 0 Å². The fourth-order valence-corrected chi connectivity index (χ4v) is 2.46. The van der Waals surface area contributed by atoms with Crippen molar-refractivity contribution >= 4 is 17.4 Å². The Kier molecular flexibility index (Phi) is 4.29. The molecule has 1 N–H and O–H groups in total. The van der Waals surface area contributed by atoms with E-state index in [0.717, 1.165) is 11.3 Å². The van der Waals surface area contributed by atoms with E-state index in [1.807, 2.05) is 54.2 Å². The highest BCUT2D eigenvalue weighted by atomic mass is 16.1. The van der Waals surface area contributed by atoms with Crippen LogP contribution in [0.15, 0.2) is 67.0 Å². The first-order chi connectivity index (χ1) is 11.5. The van der Waals surface area contributed by atoms with Crippen molar-refractivity contribution in [3.05, 3.63) is 83.7 Å². The zero-order valence-corrected chi connectivity index (χ0v) is 13.6. The van der Waals surface area contributed by atoms with Crippen molar-refractivity contribution in [3.63, 3.8) is 0 Å². The number of nitrogens with one attached hydrogen (secondary N) is 1. The lowest BCUT2D eigenvalue weighted by atomic mass is 10.1. The number of rotatable bonds is 4. The maximum atomic E-state index is 12.4. The van der Waals surface area contributed by atoms with Crippen molar-refractivity contribution in [1.82, 2.24) is 4.57 Å². The molecule has 0 spiro atoms. The molecule has 3 aromatic rings. The predicted octanol–water partition coefficient (Wildman–Crippen LogP) is 4.24. The Morgan fingerprint density at radius 3 is 2.17 bits per heavy atom. The van der Waals surface area contributed by atoms with E-state index in [-0.39, 0.29) is 11.7 Å². The highest BCUT2D eigenvalue weighted by Crippen LogP contribution is 2.19. The molecule has 3 rings (SSSR count). The topological polar surface area (TPSA) is 51.1 Å². The predicted molar refractivity (Wildman–Crippen MR) is 94.9 cm³/mol. The first kappa shape index (κ1) is 15.7. The number of aryl methyl sites for hydroxylation is 1. The van der Waals surface area contributed by atoms with E-state index in [1.165, 1.54) is 6.92 Å². The molecule has 0 aliphatic carbocycles. The molecule has 2 aromatic carbocycles. The fraction of sp³-hybridized carbons (Fsp3) is 0.100. The van der Waals surface area contributed by atoms with Crippen LogP contribution in [0.5, 0.6) is 0 Å². The Morgan fingerprint density at radius 2 is 1.54 bits per heavy atom. The fourth-order valence-electron chi connectivity index (χ4n) is 2.46. The first-order valence-corrected chi connectivity index (χ1v) is 7.71. The van der Waals surface area contributed by atoms with E-state index in [9.17, 15) is 9.59 Å². The number of Topliss-reactive ketones (excluding diaryl/α,β-unsaturated/α-hetero) is 1. The molecular formula is C20H18N2O2. The molecule has 0 atom stereocenters. The summed E-state index contributed by atoms with van der Waals surface area (Å²) in [6.45, 7) is 3.41. The van der Waals surface area contributed by atoms with Gasteiger partial charge in [0.25, 0.3) is 5.91 Å². The van der Waals surface area contributed by atoms with Crippen LogP contribution in [0.2, 0.25) is 0 Å².